The third-order valence-electron chi connectivity index (χ3n) is 11.8. The van der Waals surface area contributed by atoms with Crippen molar-refractivity contribution in [3.63, 3.8) is 0 Å². The molecule has 2 bridgehead atoms. The molecule has 12 nitrogen and oxygen atoms in total. The zero-order valence-corrected chi connectivity index (χ0v) is 28.8. The molecule has 3 amide bonds. The Morgan fingerprint density at radius 1 is 1.10 bits per heavy atom. The minimum atomic E-state index is -0.954. The number of nitrogens with zero attached hydrogens (tertiary/aromatic N) is 3. The van der Waals surface area contributed by atoms with Crippen molar-refractivity contribution in [1.82, 2.24) is 35.7 Å². The predicted octanol–water partition coefficient (Wildman–Crippen LogP) is 4.05. The number of rotatable bonds is 10. The molecule has 4 N–H and O–H groups in total. The number of benzene rings is 2. The molecule has 4 heterocycles. The van der Waals surface area contributed by atoms with Gasteiger partial charge in [-0.25, -0.2) is 4.98 Å². The van der Waals surface area contributed by atoms with Crippen molar-refractivity contribution in [2.75, 3.05) is 26.4 Å². The number of aryl methyl sites for hydroxylation is 1. The Labute approximate surface area is 291 Å². The normalized spacial score (nSPS) is 27.9. The van der Waals surface area contributed by atoms with Crippen LogP contribution in [0.4, 0.5) is 0 Å². The summed E-state index contributed by atoms with van der Waals surface area (Å²) in [6.07, 6.45) is 6.14. The molecule has 4 aromatic rings. The summed E-state index contributed by atoms with van der Waals surface area (Å²) in [4.78, 5) is 50.1. The predicted molar refractivity (Wildman–Crippen MR) is 185 cm³/mol. The van der Waals surface area contributed by atoms with Gasteiger partial charge in [0.15, 0.2) is 0 Å². The molecule has 0 spiro atoms. The SMILES string of the molecule is CCNC(=O)[C@H](NC(=O)C1(c2ccc3nc([C@@H](NC(=O)c4ccnn4C)[C@H]4c5ccccc5OCC4C)[nH]c3c2)CCOC1)C12CCC(C1)C2. The highest BCUT2D eigenvalue weighted by molar-refractivity contribution is 5.95. The van der Waals surface area contributed by atoms with E-state index in [-0.39, 0.29) is 41.6 Å². The number of carbonyl (C=O) groups is 3. The van der Waals surface area contributed by atoms with Crippen LogP contribution in [0.25, 0.3) is 11.0 Å². The van der Waals surface area contributed by atoms with Gasteiger partial charge in [0.1, 0.15) is 23.3 Å². The van der Waals surface area contributed by atoms with Gasteiger partial charge >= 0.3 is 0 Å². The fraction of sp³-hybridized carbons (Fsp3) is 0.500. The maximum absolute atomic E-state index is 14.4. The maximum atomic E-state index is 14.4. The van der Waals surface area contributed by atoms with Crippen molar-refractivity contribution in [2.45, 2.75) is 69.4 Å². The number of imidazole rings is 1. The first kappa shape index (κ1) is 32.5. The molecule has 3 saturated carbocycles. The number of likely N-dealkylation sites (N-methyl/N-ethyl adjacent to an activating group) is 1. The summed E-state index contributed by atoms with van der Waals surface area (Å²) in [6.45, 7) is 5.71. The van der Waals surface area contributed by atoms with Gasteiger partial charge in [-0.2, -0.15) is 5.10 Å². The molecule has 0 radical (unpaired) electrons. The fourth-order valence-electron chi connectivity index (χ4n) is 9.16. The Morgan fingerprint density at radius 3 is 2.66 bits per heavy atom. The average Bonchev–Trinajstić information content (AvgIpc) is 3.94. The van der Waals surface area contributed by atoms with E-state index in [9.17, 15) is 14.4 Å². The highest BCUT2D eigenvalue weighted by Crippen LogP contribution is 2.60. The zero-order chi connectivity index (χ0) is 34.6. The Hall–Kier alpha value is -4.71. The standard InChI is InChI=1S/C38H45N7O5/c1-4-39-35(47)32(37-13-11-23(18-37)19-37)44-36(48)38(14-16-49-21-38)24-9-10-26-27(17-24)42-33(41-26)31(43-34(46)28-12-15-40-45(28)3)30-22(2)20-50-29-8-6-5-7-25(29)30/h5-10,12,15,17,22-23,30-32H,4,11,13-14,16,18-21H2,1-3H3,(H,39,47)(H,41,42)(H,43,46)(H,44,48)/t22?,23?,30-,31+,32+,37?,38?/m1/s1. The third-order valence-corrected chi connectivity index (χ3v) is 11.8. The van der Waals surface area contributed by atoms with Crippen LogP contribution in [0.15, 0.2) is 54.7 Å². The van der Waals surface area contributed by atoms with Gasteiger partial charge in [-0.15, -0.1) is 0 Å². The minimum Gasteiger partial charge on any atom is -0.493 e. The molecular weight excluding hydrogens is 634 g/mol. The average molecular weight is 680 g/mol. The molecule has 1 saturated heterocycles. The molecule has 5 atom stereocenters. The number of hydrogen-bond acceptors (Lipinski definition) is 7. The van der Waals surface area contributed by atoms with Gasteiger partial charge < -0.3 is 30.4 Å². The van der Waals surface area contributed by atoms with E-state index < -0.39 is 17.5 Å². The van der Waals surface area contributed by atoms with E-state index in [1.54, 1.807) is 24.0 Å². The van der Waals surface area contributed by atoms with Crippen LogP contribution in [-0.2, 0) is 26.8 Å². The summed E-state index contributed by atoms with van der Waals surface area (Å²) < 4.78 is 13.5. The number of ether oxygens (including phenoxy) is 2. The van der Waals surface area contributed by atoms with Gasteiger partial charge in [0.2, 0.25) is 11.8 Å². The molecule has 2 unspecified atom stereocenters. The summed E-state index contributed by atoms with van der Waals surface area (Å²) in [5.74, 6) is 1.45. The van der Waals surface area contributed by atoms with Crippen LogP contribution in [0.5, 0.6) is 5.75 Å². The summed E-state index contributed by atoms with van der Waals surface area (Å²) in [5.41, 5.74) is 2.60. The Balaban J connectivity index is 1.14. The summed E-state index contributed by atoms with van der Waals surface area (Å²) in [7, 11) is 1.74. The Morgan fingerprint density at radius 2 is 1.94 bits per heavy atom. The van der Waals surface area contributed by atoms with Gasteiger partial charge in [-0.05, 0) is 80.7 Å². The van der Waals surface area contributed by atoms with Gasteiger partial charge in [0, 0.05) is 43.3 Å². The van der Waals surface area contributed by atoms with Gasteiger partial charge in [-0.3, -0.25) is 19.1 Å². The van der Waals surface area contributed by atoms with Crippen LogP contribution in [0.3, 0.4) is 0 Å². The lowest BCUT2D eigenvalue weighted by Crippen LogP contribution is -2.61. The smallest absolute Gasteiger partial charge is 0.270 e. The molecule has 12 heteroatoms. The number of hydrogen-bond donors (Lipinski definition) is 4. The van der Waals surface area contributed by atoms with Gasteiger partial charge in [-0.1, -0.05) is 31.2 Å². The molecule has 4 fully saturated rings. The molecule has 5 aliphatic rings. The van der Waals surface area contributed by atoms with Crippen LogP contribution in [0.1, 0.15) is 85.4 Å². The van der Waals surface area contributed by atoms with Crippen molar-refractivity contribution < 1.29 is 23.9 Å². The second-order valence-electron chi connectivity index (χ2n) is 14.9. The largest absolute Gasteiger partial charge is 0.493 e. The monoisotopic (exact) mass is 679 g/mol. The first-order chi connectivity index (χ1) is 24.2. The van der Waals surface area contributed by atoms with E-state index >= 15 is 0 Å². The number of aromatic amines is 1. The lowest BCUT2D eigenvalue weighted by molar-refractivity contribution is -0.137. The van der Waals surface area contributed by atoms with E-state index in [1.165, 1.54) is 0 Å². The van der Waals surface area contributed by atoms with E-state index in [4.69, 9.17) is 14.5 Å². The number of carbonyl (C=O) groups excluding carboxylic acids is 3. The lowest BCUT2D eigenvalue weighted by atomic mass is 9.64. The van der Waals surface area contributed by atoms with Crippen LogP contribution in [0.2, 0.25) is 0 Å². The zero-order valence-electron chi connectivity index (χ0n) is 28.8. The molecule has 2 aromatic carbocycles. The molecule has 9 rings (SSSR count). The summed E-state index contributed by atoms with van der Waals surface area (Å²) >= 11 is 0. The van der Waals surface area contributed by atoms with Crippen LogP contribution >= 0.6 is 0 Å². The molecular formula is C38H45N7O5. The fourth-order valence-corrected chi connectivity index (χ4v) is 9.16. The van der Waals surface area contributed by atoms with E-state index in [0.717, 1.165) is 53.6 Å². The maximum Gasteiger partial charge on any atom is 0.270 e. The first-order valence-electron chi connectivity index (χ1n) is 17.9. The number of aromatic nitrogens is 4. The summed E-state index contributed by atoms with van der Waals surface area (Å²) in [6, 6.07) is 14.4. The number of para-hydroxylation sites is 1. The highest BCUT2D eigenvalue weighted by Gasteiger charge is 2.58. The van der Waals surface area contributed by atoms with Crippen molar-refractivity contribution >= 4 is 28.8 Å². The topological polar surface area (TPSA) is 152 Å². The van der Waals surface area contributed by atoms with E-state index in [1.807, 2.05) is 49.4 Å². The Kier molecular flexibility index (Phi) is 8.16. The molecule has 3 aliphatic carbocycles. The van der Waals surface area contributed by atoms with Crippen molar-refractivity contribution in [3.8, 4) is 5.75 Å². The van der Waals surface area contributed by atoms with E-state index in [0.29, 0.717) is 43.6 Å². The second kappa shape index (κ2) is 12.6. The first-order valence-corrected chi connectivity index (χ1v) is 17.9. The molecule has 262 valence electrons. The van der Waals surface area contributed by atoms with Gasteiger partial charge in [0.05, 0.1) is 35.7 Å². The van der Waals surface area contributed by atoms with Crippen molar-refractivity contribution in [3.05, 3.63) is 77.4 Å². The molecule has 2 aliphatic heterocycles. The quantitative estimate of drug-likeness (QED) is 0.197. The Bertz CT molecular complexity index is 1930. The van der Waals surface area contributed by atoms with Crippen LogP contribution in [-0.4, -0.2) is 69.9 Å². The number of amides is 3. The van der Waals surface area contributed by atoms with Crippen LogP contribution in [0, 0.1) is 17.3 Å². The second-order valence-corrected chi connectivity index (χ2v) is 14.9. The molecule has 50 heavy (non-hydrogen) atoms. The number of nitrogens with one attached hydrogen (secondary N) is 4. The van der Waals surface area contributed by atoms with Crippen LogP contribution < -0.4 is 20.7 Å². The van der Waals surface area contributed by atoms with Crippen molar-refractivity contribution in [2.24, 2.45) is 24.3 Å². The minimum absolute atomic E-state index is 0.0660. The molecule has 2 aromatic heterocycles. The summed E-state index contributed by atoms with van der Waals surface area (Å²) in [5, 5.41) is 13.7. The lowest BCUT2D eigenvalue weighted by Gasteiger charge is -2.45. The number of fused-ring (bicyclic) bond motifs is 3. The van der Waals surface area contributed by atoms with Crippen molar-refractivity contribution in [1.29, 1.82) is 0 Å². The van der Waals surface area contributed by atoms with E-state index in [2.05, 4.69) is 33.0 Å². The third kappa shape index (κ3) is 5.35. The highest BCUT2D eigenvalue weighted by atomic mass is 16.5. The number of H-pyrrole nitrogens is 1. The van der Waals surface area contributed by atoms with Gasteiger partial charge in [0.25, 0.3) is 5.91 Å².